The molecule has 0 N–H and O–H groups in total. The Balaban J connectivity index is 1.85. The molecule has 0 saturated heterocycles. The van der Waals surface area contributed by atoms with Gasteiger partial charge >= 0.3 is 0 Å². The van der Waals surface area contributed by atoms with E-state index in [1.807, 2.05) is 0 Å². The van der Waals surface area contributed by atoms with Gasteiger partial charge in [-0.1, -0.05) is 84.0 Å². The summed E-state index contributed by atoms with van der Waals surface area (Å²) in [5.74, 6) is 0.516. The number of para-hydroxylation sites is 3. The molecule has 0 spiro atoms. The van der Waals surface area contributed by atoms with E-state index in [0.29, 0.717) is 5.92 Å². The smallest absolute Gasteiger partial charge is 0.115 e. The number of anilines is 4. The summed E-state index contributed by atoms with van der Waals surface area (Å²) in [5, 5.41) is 0. The third-order valence-corrected chi connectivity index (χ3v) is 8.74. The van der Waals surface area contributed by atoms with Crippen LogP contribution in [0.1, 0.15) is 77.5 Å². The standard InChI is InChI=1S/C32H40N2/c1-8-24-30-33(26-16-12-11-15-22(26)4)27-17-13-14-18-28(27)34(30)29-21-23(31(5,6)7)19-20-25(29)32(24,9-2)10-3/h11-21,24,30H,8-10H2,1-7H3. The summed E-state index contributed by atoms with van der Waals surface area (Å²) in [6.07, 6.45) is 3.74. The van der Waals surface area contributed by atoms with Crippen molar-refractivity contribution in [1.29, 1.82) is 0 Å². The largest absolute Gasteiger partial charge is 0.318 e. The van der Waals surface area contributed by atoms with Crippen LogP contribution in [0.15, 0.2) is 66.7 Å². The van der Waals surface area contributed by atoms with Gasteiger partial charge in [-0.15, -0.1) is 0 Å². The molecule has 0 fully saturated rings. The molecule has 0 radical (unpaired) electrons. The monoisotopic (exact) mass is 452 g/mol. The van der Waals surface area contributed by atoms with E-state index in [-0.39, 0.29) is 17.0 Å². The molecule has 3 aromatic rings. The van der Waals surface area contributed by atoms with E-state index < -0.39 is 0 Å². The highest BCUT2D eigenvalue weighted by molar-refractivity contribution is 5.91. The van der Waals surface area contributed by atoms with E-state index in [0.717, 1.165) is 19.3 Å². The zero-order valence-corrected chi connectivity index (χ0v) is 22.0. The Morgan fingerprint density at radius 2 is 1.29 bits per heavy atom. The van der Waals surface area contributed by atoms with Gasteiger partial charge in [-0.3, -0.25) is 0 Å². The zero-order valence-electron chi connectivity index (χ0n) is 22.0. The van der Waals surface area contributed by atoms with Gasteiger partial charge in [0.05, 0.1) is 11.4 Å². The van der Waals surface area contributed by atoms with E-state index >= 15 is 0 Å². The number of hydrogen-bond acceptors (Lipinski definition) is 2. The van der Waals surface area contributed by atoms with Crippen LogP contribution in [0.5, 0.6) is 0 Å². The van der Waals surface area contributed by atoms with Crippen LogP contribution in [0.2, 0.25) is 0 Å². The molecule has 2 heteroatoms. The molecule has 0 saturated carbocycles. The minimum atomic E-state index is 0.113. The fourth-order valence-electron chi connectivity index (χ4n) is 6.87. The van der Waals surface area contributed by atoms with E-state index in [9.17, 15) is 0 Å². The van der Waals surface area contributed by atoms with Gasteiger partial charge in [0.2, 0.25) is 0 Å². The first kappa shape index (κ1) is 23.0. The van der Waals surface area contributed by atoms with Crippen LogP contribution in [0.25, 0.3) is 0 Å². The molecule has 5 rings (SSSR count). The SMILES string of the molecule is CCC1C2N(c3ccccc3C)c3ccccc3N2c2cc(C(C)(C)C)ccc2C1(CC)CC. The van der Waals surface area contributed by atoms with Crippen LogP contribution < -0.4 is 9.80 Å². The molecule has 2 aliphatic heterocycles. The Labute approximate surface area is 206 Å². The lowest BCUT2D eigenvalue weighted by Crippen LogP contribution is -2.56. The number of hydrogen-bond donors (Lipinski definition) is 0. The van der Waals surface area contributed by atoms with Crippen LogP contribution in [0.4, 0.5) is 22.7 Å². The van der Waals surface area contributed by atoms with E-state index in [4.69, 9.17) is 0 Å². The van der Waals surface area contributed by atoms with Crippen molar-refractivity contribution in [3.05, 3.63) is 83.4 Å². The fourth-order valence-corrected chi connectivity index (χ4v) is 6.87. The van der Waals surface area contributed by atoms with Crippen molar-refractivity contribution < 1.29 is 0 Å². The highest BCUT2D eigenvalue weighted by Crippen LogP contribution is 2.60. The summed E-state index contributed by atoms with van der Waals surface area (Å²) in [5.41, 5.74) is 9.96. The van der Waals surface area contributed by atoms with Gasteiger partial charge in [-0.25, -0.2) is 0 Å². The lowest BCUT2D eigenvalue weighted by molar-refractivity contribution is 0.194. The fraction of sp³-hybridized carbons (Fsp3) is 0.438. The molecule has 2 unspecified atom stereocenters. The summed E-state index contributed by atoms with van der Waals surface area (Å²) >= 11 is 0. The summed E-state index contributed by atoms with van der Waals surface area (Å²) in [6, 6.07) is 25.3. The first-order valence-corrected chi connectivity index (χ1v) is 13.2. The number of rotatable bonds is 4. The normalized spacial score (nSPS) is 20.7. The Morgan fingerprint density at radius 1 is 0.735 bits per heavy atom. The van der Waals surface area contributed by atoms with Crippen molar-refractivity contribution in [1.82, 2.24) is 0 Å². The quantitative estimate of drug-likeness (QED) is 0.389. The summed E-state index contributed by atoms with van der Waals surface area (Å²) in [6.45, 7) is 16.4. The predicted molar refractivity (Wildman–Crippen MR) is 147 cm³/mol. The van der Waals surface area contributed by atoms with Crippen molar-refractivity contribution in [2.24, 2.45) is 5.92 Å². The van der Waals surface area contributed by atoms with Crippen LogP contribution in [-0.4, -0.2) is 6.17 Å². The summed E-state index contributed by atoms with van der Waals surface area (Å²) in [4.78, 5) is 5.34. The van der Waals surface area contributed by atoms with Crippen LogP contribution in [0.3, 0.4) is 0 Å². The molecule has 2 nitrogen and oxygen atoms in total. The van der Waals surface area contributed by atoms with Gasteiger partial charge in [-0.05, 0) is 72.6 Å². The van der Waals surface area contributed by atoms with Crippen molar-refractivity contribution in [2.45, 2.75) is 84.7 Å². The van der Waals surface area contributed by atoms with E-state index in [1.165, 1.54) is 39.4 Å². The average Bonchev–Trinajstić information content (AvgIpc) is 3.17. The third kappa shape index (κ3) is 3.14. The van der Waals surface area contributed by atoms with Gasteiger partial charge in [0.25, 0.3) is 0 Å². The van der Waals surface area contributed by atoms with Gasteiger partial charge in [0, 0.05) is 22.7 Å². The average molecular weight is 453 g/mol. The first-order chi connectivity index (χ1) is 16.3. The predicted octanol–water partition coefficient (Wildman–Crippen LogP) is 9.01. The van der Waals surface area contributed by atoms with Crippen LogP contribution >= 0.6 is 0 Å². The molecule has 0 aromatic heterocycles. The number of benzene rings is 3. The first-order valence-electron chi connectivity index (χ1n) is 13.2. The van der Waals surface area contributed by atoms with Crippen LogP contribution in [-0.2, 0) is 10.8 Å². The number of aryl methyl sites for hydroxylation is 1. The maximum atomic E-state index is 2.68. The minimum absolute atomic E-state index is 0.113. The Kier molecular flexibility index (Phi) is 5.54. The molecule has 2 atom stereocenters. The Morgan fingerprint density at radius 3 is 1.82 bits per heavy atom. The van der Waals surface area contributed by atoms with Gasteiger partial charge in [-0.2, -0.15) is 0 Å². The van der Waals surface area contributed by atoms with Gasteiger partial charge < -0.3 is 9.80 Å². The highest BCUT2D eigenvalue weighted by Gasteiger charge is 2.54. The van der Waals surface area contributed by atoms with Crippen molar-refractivity contribution in [2.75, 3.05) is 9.80 Å². The molecule has 3 aromatic carbocycles. The maximum Gasteiger partial charge on any atom is 0.115 e. The van der Waals surface area contributed by atoms with E-state index in [2.05, 4.69) is 125 Å². The number of nitrogens with zero attached hydrogens (tertiary/aromatic N) is 2. The lowest BCUT2D eigenvalue weighted by Gasteiger charge is -2.54. The molecular weight excluding hydrogens is 412 g/mol. The van der Waals surface area contributed by atoms with Crippen molar-refractivity contribution >= 4 is 22.7 Å². The molecule has 34 heavy (non-hydrogen) atoms. The Hall–Kier alpha value is -2.74. The van der Waals surface area contributed by atoms with Gasteiger partial charge in [0.15, 0.2) is 0 Å². The molecule has 2 heterocycles. The van der Waals surface area contributed by atoms with E-state index in [1.54, 1.807) is 0 Å². The zero-order chi connectivity index (χ0) is 24.3. The second-order valence-corrected chi connectivity index (χ2v) is 11.3. The summed E-state index contributed by atoms with van der Waals surface area (Å²) in [7, 11) is 0. The number of fused-ring (bicyclic) bond motifs is 5. The topological polar surface area (TPSA) is 6.48 Å². The molecule has 2 aliphatic rings. The molecule has 178 valence electrons. The van der Waals surface area contributed by atoms with Gasteiger partial charge in [0.1, 0.15) is 6.17 Å². The molecular formula is C32H40N2. The lowest BCUT2D eigenvalue weighted by atomic mass is 9.61. The second-order valence-electron chi connectivity index (χ2n) is 11.3. The van der Waals surface area contributed by atoms with Crippen molar-refractivity contribution in [3.63, 3.8) is 0 Å². The van der Waals surface area contributed by atoms with Crippen molar-refractivity contribution in [3.8, 4) is 0 Å². The molecule has 0 aliphatic carbocycles. The minimum Gasteiger partial charge on any atom is -0.318 e. The molecule has 0 bridgehead atoms. The highest BCUT2D eigenvalue weighted by atomic mass is 15.4. The Bertz CT molecular complexity index is 1200. The summed E-state index contributed by atoms with van der Waals surface area (Å²) < 4.78 is 0. The maximum absolute atomic E-state index is 2.68. The third-order valence-electron chi connectivity index (χ3n) is 8.74. The van der Waals surface area contributed by atoms with Crippen LogP contribution in [0, 0.1) is 12.8 Å². The molecule has 0 amide bonds. The second kappa shape index (κ2) is 8.18.